The van der Waals surface area contributed by atoms with Gasteiger partial charge in [0.2, 0.25) is 0 Å². The largest absolute Gasteiger partial charge is 0.383 e. The van der Waals surface area contributed by atoms with E-state index in [1.807, 2.05) is 0 Å². The van der Waals surface area contributed by atoms with Crippen molar-refractivity contribution in [2.24, 2.45) is 11.7 Å². The summed E-state index contributed by atoms with van der Waals surface area (Å²) >= 11 is 0. The number of anilines is 1. The Morgan fingerprint density at radius 2 is 1.62 bits per heavy atom. The highest BCUT2D eigenvalue weighted by Crippen LogP contribution is 2.17. The van der Waals surface area contributed by atoms with Crippen LogP contribution in [0.1, 0.15) is 39.2 Å². The van der Waals surface area contributed by atoms with Crippen molar-refractivity contribution in [2.75, 3.05) is 11.9 Å². The lowest BCUT2D eigenvalue weighted by Crippen LogP contribution is -2.33. The maximum absolute atomic E-state index is 5.98. The van der Waals surface area contributed by atoms with Crippen LogP contribution >= 0.6 is 0 Å². The summed E-state index contributed by atoms with van der Waals surface area (Å²) in [6, 6.07) is 8.82. The molecule has 1 aromatic rings. The van der Waals surface area contributed by atoms with Crippen molar-refractivity contribution < 1.29 is 0 Å². The fourth-order valence-corrected chi connectivity index (χ4v) is 1.46. The molecule has 90 valence electrons. The molecule has 0 aliphatic carbocycles. The van der Waals surface area contributed by atoms with Crippen LogP contribution in [0.4, 0.5) is 5.69 Å². The average Bonchev–Trinajstić information content (AvgIpc) is 2.26. The van der Waals surface area contributed by atoms with Crippen LogP contribution in [0, 0.1) is 5.92 Å². The second-order valence-electron chi connectivity index (χ2n) is 5.07. The number of nitrogens with two attached hydrogens (primary N) is 1. The summed E-state index contributed by atoms with van der Waals surface area (Å²) in [5, 5.41) is 3.37. The van der Waals surface area contributed by atoms with Crippen molar-refractivity contribution >= 4 is 5.69 Å². The predicted molar refractivity (Wildman–Crippen MR) is 71.8 cm³/mol. The van der Waals surface area contributed by atoms with Gasteiger partial charge in [0.25, 0.3) is 0 Å². The van der Waals surface area contributed by atoms with Gasteiger partial charge in [0.05, 0.1) is 0 Å². The highest BCUT2D eigenvalue weighted by Gasteiger charge is 2.06. The summed E-state index contributed by atoms with van der Waals surface area (Å²) in [4.78, 5) is 0. The quantitative estimate of drug-likeness (QED) is 0.799. The van der Waals surface area contributed by atoms with E-state index in [0.29, 0.717) is 11.8 Å². The van der Waals surface area contributed by atoms with Crippen LogP contribution in [-0.4, -0.2) is 12.6 Å². The highest BCUT2D eigenvalue weighted by molar-refractivity contribution is 5.45. The Balaban J connectivity index is 2.49. The van der Waals surface area contributed by atoms with Crippen molar-refractivity contribution in [1.29, 1.82) is 0 Å². The van der Waals surface area contributed by atoms with Gasteiger partial charge in [-0.1, -0.05) is 39.8 Å². The van der Waals surface area contributed by atoms with E-state index in [-0.39, 0.29) is 6.04 Å². The number of rotatable bonds is 5. The van der Waals surface area contributed by atoms with Crippen LogP contribution in [0.3, 0.4) is 0 Å². The maximum Gasteiger partial charge on any atom is 0.0340 e. The first-order chi connectivity index (χ1) is 7.50. The third-order valence-electron chi connectivity index (χ3n) is 2.98. The van der Waals surface area contributed by atoms with Gasteiger partial charge in [0.1, 0.15) is 0 Å². The van der Waals surface area contributed by atoms with Gasteiger partial charge >= 0.3 is 0 Å². The van der Waals surface area contributed by atoms with Gasteiger partial charge < -0.3 is 11.1 Å². The summed E-state index contributed by atoms with van der Waals surface area (Å²) in [6.07, 6.45) is 0. The average molecular weight is 220 g/mol. The zero-order chi connectivity index (χ0) is 12.1. The Labute approximate surface area is 99.2 Å². The Morgan fingerprint density at radius 1 is 1.06 bits per heavy atom. The SMILES string of the molecule is CC(C)c1ccc(NCC(N)C(C)C)cc1. The van der Waals surface area contributed by atoms with Gasteiger partial charge in [0, 0.05) is 18.3 Å². The van der Waals surface area contributed by atoms with E-state index in [2.05, 4.69) is 57.3 Å². The molecule has 1 aromatic carbocycles. The smallest absolute Gasteiger partial charge is 0.0340 e. The Hall–Kier alpha value is -1.02. The molecule has 1 rings (SSSR count). The lowest BCUT2D eigenvalue weighted by atomic mass is 10.0. The van der Waals surface area contributed by atoms with E-state index in [1.165, 1.54) is 5.56 Å². The molecule has 16 heavy (non-hydrogen) atoms. The van der Waals surface area contributed by atoms with E-state index < -0.39 is 0 Å². The van der Waals surface area contributed by atoms with Gasteiger partial charge in [-0.3, -0.25) is 0 Å². The van der Waals surface area contributed by atoms with Crippen molar-refractivity contribution in [2.45, 2.75) is 39.7 Å². The van der Waals surface area contributed by atoms with E-state index in [4.69, 9.17) is 5.73 Å². The van der Waals surface area contributed by atoms with Crippen molar-refractivity contribution in [3.63, 3.8) is 0 Å². The van der Waals surface area contributed by atoms with E-state index in [9.17, 15) is 0 Å². The molecule has 0 aliphatic rings. The second kappa shape index (κ2) is 5.90. The first kappa shape index (κ1) is 13.0. The standard InChI is InChI=1S/C14H24N2/c1-10(2)12-5-7-13(8-6-12)16-9-14(15)11(3)4/h5-8,10-11,14,16H,9,15H2,1-4H3. The van der Waals surface area contributed by atoms with Crippen LogP contribution in [0.5, 0.6) is 0 Å². The predicted octanol–water partition coefficient (Wildman–Crippen LogP) is 3.21. The molecule has 1 unspecified atom stereocenters. The zero-order valence-electron chi connectivity index (χ0n) is 10.8. The summed E-state index contributed by atoms with van der Waals surface area (Å²) in [6.45, 7) is 9.54. The Morgan fingerprint density at radius 3 is 2.06 bits per heavy atom. The monoisotopic (exact) mass is 220 g/mol. The van der Waals surface area contributed by atoms with Crippen LogP contribution in [0.15, 0.2) is 24.3 Å². The van der Waals surface area contributed by atoms with Crippen molar-refractivity contribution in [1.82, 2.24) is 0 Å². The molecule has 2 nitrogen and oxygen atoms in total. The normalized spacial score (nSPS) is 13.2. The molecule has 0 saturated heterocycles. The van der Waals surface area contributed by atoms with Crippen LogP contribution in [0.25, 0.3) is 0 Å². The lowest BCUT2D eigenvalue weighted by Gasteiger charge is -2.17. The molecule has 0 aromatic heterocycles. The molecular formula is C14H24N2. The molecule has 0 fully saturated rings. The Kier molecular flexibility index (Phi) is 4.81. The fraction of sp³-hybridized carbons (Fsp3) is 0.571. The van der Waals surface area contributed by atoms with Crippen LogP contribution < -0.4 is 11.1 Å². The Bertz CT molecular complexity index is 301. The number of hydrogen-bond donors (Lipinski definition) is 2. The van der Waals surface area contributed by atoms with Crippen molar-refractivity contribution in [3.05, 3.63) is 29.8 Å². The van der Waals surface area contributed by atoms with Gasteiger partial charge in [0.15, 0.2) is 0 Å². The minimum Gasteiger partial charge on any atom is -0.383 e. The van der Waals surface area contributed by atoms with Crippen LogP contribution in [0.2, 0.25) is 0 Å². The molecule has 0 aliphatic heterocycles. The number of benzene rings is 1. The van der Waals surface area contributed by atoms with E-state index in [0.717, 1.165) is 12.2 Å². The fourth-order valence-electron chi connectivity index (χ4n) is 1.46. The summed E-state index contributed by atoms with van der Waals surface area (Å²) in [5.41, 5.74) is 8.51. The molecule has 0 saturated carbocycles. The minimum absolute atomic E-state index is 0.213. The number of nitrogens with one attached hydrogen (secondary N) is 1. The van der Waals surface area contributed by atoms with Gasteiger partial charge in [-0.05, 0) is 29.5 Å². The molecule has 0 bridgehead atoms. The maximum atomic E-state index is 5.98. The molecule has 3 N–H and O–H groups in total. The summed E-state index contributed by atoms with van der Waals surface area (Å²) in [7, 11) is 0. The first-order valence-corrected chi connectivity index (χ1v) is 6.10. The van der Waals surface area contributed by atoms with Gasteiger partial charge in [-0.15, -0.1) is 0 Å². The van der Waals surface area contributed by atoms with E-state index in [1.54, 1.807) is 0 Å². The zero-order valence-corrected chi connectivity index (χ0v) is 10.8. The summed E-state index contributed by atoms with van der Waals surface area (Å²) in [5.74, 6) is 1.11. The van der Waals surface area contributed by atoms with Gasteiger partial charge in [-0.2, -0.15) is 0 Å². The molecule has 0 radical (unpaired) electrons. The van der Waals surface area contributed by atoms with Crippen molar-refractivity contribution in [3.8, 4) is 0 Å². The summed E-state index contributed by atoms with van der Waals surface area (Å²) < 4.78 is 0. The molecule has 0 amide bonds. The lowest BCUT2D eigenvalue weighted by molar-refractivity contribution is 0.511. The third-order valence-corrected chi connectivity index (χ3v) is 2.98. The molecule has 0 spiro atoms. The highest BCUT2D eigenvalue weighted by atomic mass is 14.9. The third kappa shape index (κ3) is 3.86. The second-order valence-corrected chi connectivity index (χ2v) is 5.07. The number of hydrogen-bond acceptors (Lipinski definition) is 2. The first-order valence-electron chi connectivity index (χ1n) is 6.10. The molecule has 1 atom stereocenters. The van der Waals surface area contributed by atoms with E-state index >= 15 is 0 Å². The topological polar surface area (TPSA) is 38.0 Å². The molecule has 2 heteroatoms. The van der Waals surface area contributed by atoms with Gasteiger partial charge in [-0.25, -0.2) is 0 Å². The molecular weight excluding hydrogens is 196 g/mol. The van der Waals surface area contributed by atoms with Crippen LogP contribution in [-0.2, 0) is 0 Å². The molecule has 0 heterocycles. The minimum atomic E-state index is 0.213.